The van der Waals surface area contributed by atoms with Crippen LogP contribution in [0.1, 0.15) is 0 Å². The Balaban J connectivity index is 1.14. The molecule has 0 aliphatic heterocycles. The van der Waals surface area contributed by atoms with Gasteiger partial charge in [-0.05, 0) is 110 Å². The van der Waals surface area contributed by atoms with Crippen molar-refractivity contribution in [2.45, 2.75) is 0 Å². The first-order chi connectivity index (χ1) is 25.7. The van der Waals surface area contributed by atoms with Gasteiger partial charge in [-0.3, -0.25) is 0 Å². The molecular weight excluding hydrogens is 631 g/mol. The normalized spacial score (nSPS) is 11.5. The Morgan fingerprint density at radius 3 is 1.73 bits per heavy atom. The van der Waals surface area contributed by atoms with E-state index in [2.05, 4.69) is 205 Å². The molecular formula is C50H33NO. The molecule has 0 saturated heterocycles. The summed E-state index contributed by atoms with van der Waals surface area (Å²) >= 11 is 0. The molecule has 2 nitrogen and oxygen atoms in total. The number of para-hydroxylation sites is 1. The van der Waals surface area contributed by atoms with Crippen molar-refractivity contribution in [3.63, 3.8) is 0 Å². The van der Waals surface area contributed by atoms with Gasteiger partial charge in [0.05, 0.1) is 5.69 Å². The van der Waals surface area contributed by atoms with Gasteiger partial charge in [-0.15, -0.1) is 0 Å². The number of hydrogen-bond acceptors (Lipinski definition) is 2. The Labute approximate surface area is 302 Å². The van der Waals surface area contributed by atoms with Crippen LogP contribution in [0.4, 0.5) is 17.1 Å². The van der Waals surface area contributed by atoms with Crippen molar-refractivity contribution in [2.24, 2.45) is 0 Å². The molecule has 0 amide bonds. The SMILES string of the molecule is c1ccc(-c2ccc(N(c3cccc(-c4ccc5ccccc5c4)c3)c3ccccc3-c3ccc4oc5cc6ccccc6cc5c4c3)cc2)cc1. The zero-order valence-corrected chi connectivity index (χ0v) is 28.4. The highest BCUT2D eigenvalue weighted by molar-refractivity contribution is 6.11. The van der Waals surface area contributed by atoms with E-state index in [0.717, 1.165) is 50.1 Å². The van der Waals surface area contributed by atoms with Gasteiger partial charge in [0.25, 0.3) is 0 Å². The quantitative estimate of drug-likeness (QED) is 0.176. The molecule has 10 rings (SSSR count). The van der Waals surface area contributed by atoms with E-state index >= 15 is 0 Å². The predicted molar refractivity (Wildman–Crippen MR) is 220 cm³/mol. The minimum atomic E-state index is 0.892. The van der Waals surface area contributed by atoms with Gasteiger partial charge in [-0.1, -0.05) is 140 Å². The number of furan rings is 1. The third-order valence-electron chi connectivity index (χ3n) is 10.2. The summed E-state index contributed by atoms with van der Waals surface area (Å²) in [5.74, 6) is 0. The molecule has 0 fully saturated rings. The van der Waals surface area contributed by atoms with E-state index in [1.807, 2.05) is 0 Å². The standard InChI is InChI=1S/C50H33NO/c1-2-11-34(12-3-1)36-23-26-43(27-24-36)51(44-18-10-17-38(30-44)41-22-21-35-13-4-5-14-37(35)29-41)48-20-9-8-19-45(48)42-25-28-49-46(32-42)47-31-39-15-6-7-16-40(39)33-50(47)52-49/h1-33H. The molecule has 0 bridgehead atoms. The molecule has 0 radical (unpaired) electrons. The molecule has 1 heterocycles. The second-order valence-electron chi connectivity index (χ2n) is 13.4. The molecule has 0 aliphatic rings. The molecule has 9 aromatic carbocycles. The maximum Gasteiger partial charge on any atom is 0.136 e. The number of hydrogen-bond donors (Lipinski definition) is 0. The van der Waals surface area contributed by atoms with Crippen LogP contribution >= 0.6 is 0 Å². The summed E-state index contributed by atoms with van der Waals surface area (Å²) in [4.78, 5) is 2.39. The smallest absolute Gasteiger partial charge is 0.136 e. The fourth-order valence-electron chi connectivity index (χ4n) is 7.60. The van der Waals surface area contributed by atoms with Crippen molar-refractivity contribution in [3.8, 4) is 33.4 Å². The topological polar surface area (TPSA) is 16.4 Å². The first-order valence-corrected chi connectivity index (χ1v) is 17.7. The van der Waals surface area contributed by atoms with E-state index in [1.54, 1.807) is 0 Å². The first-order valence-electron chi connectivity index (χ1n) is 17.7. The summed E-state index contributed by atoms with van der Waals surface area (Å²) in [7, 11) is 0. The molecule has 10 aromatic rings. The molecule has 2 heteroatoms. The van der Waals surface area contributed by atoms with Gasteiger partial charge < -0.3 is 9.32 Å². The lowest BCUT2D eigenvalue weighted by molar-refractivity contribution is 0.669. The van der Waals surface area contributed by atoms with Crippen LogP contribution in [0.2, 0.25) is 0 Å². The van der Waals surface area contributed by atoms with E-state index in [1.165, 1.54) is 43.8 Å². The first kappa shape index (κ1) is 30.0. The molecule has 0 saturated carbocycles. The van der Waals surface area contributed by atoms with Crippen LogP contribution in [0.5, 0.6) is 0 Å². The minimum Gasteiger partial charge on any atom is -0.456 e. The second kappa shape index (κ2) is 12.5. The van der Waals surface area contributed by atoms with Gasteiger partial charge in [0.2, 0.25) is 0 Å². The van der Waals surface area contributed by atoms with Crippen LogP contribution in [0.3, 0.4) is 0 Å². The number of fused-ring (bicyclic) bond motifs is 5. The van der Waals surface area contributed by atoms with Crippen LogP contribution in [-0.2, 0) is 0 Å². The number of rotatable bonds is 6. The third kappa shape index (κ3) is 5.30. The highest BCUT2D eigenvalue weighted by Gasteiger charge is 2.19. The van der Waals surface area contributed by atoms with Gasteiger partial charge in [-0.25, -0.2) is 0 Å². The number of anilines is 3. The van der Waals surface area contributed by atoms with Crippen molar-refractivity contribution in [2.75, 3.05) is 4.90 Å². The molecule has 1 aromatic heterocycles. The van der Waals surface area contributed by atoms with E-state index in [0.29, 0.717) is 0 Å². The van der Waals surface area contributed by atoms with Gasteiger partial charge in [0.1, 0.15) is 11.2 Å². The van der Waals surface area contributed by atoms with E-state index in [4.69, 9.17) is 4.42 Å². The van der Waals surface area contributed by atoms with Crippen LogP contribution in [0.15, 0.2) is 205 Å². The molecule has 0 aliphatic carbocycles. The van der Waals surface area contributed by atoms with Crippen molar-refractivity contribution in [1.82, 2.24) is 0 Å². The van der Waals surface area contributed by atoms with Crippen LogP contribution in [-0.4, -0.2) is 0 Å². The average molecular weight is 664 g/mol. The second-order valence-corrected chi connectivity index (χ2v) is 13.4. The highest BCUT2D eigenvalue weighted by Crippen LogP contribution is 2.44. The summed E-state index contributed by atoms with van der Waals surface area (Å²) in [5, 5.41) is 7.11. The Morgan fingerprint density at radius 2 is 0.904 bits per heavy atom. The van der Waals surface area contributed by atoms with Gasteiger partial charge in [0, 0.05) is 27.7 Å². The monoisotopic (exact) mass is 663 g/mol. The lowest BCUT2D eigenvalue weighted by Crippen LogP contribution is -2.11. The summed E-state index contributed by atoms with van der Waals surface area (Å²) in [6.45, 7) is 0. The van der Waals surface area contributed by atoms with E-state index in [9.17, 15) is 0 Å². The zero-order valence-electron chi connectivity index (χ0n) is 28.4. The fourth-order valence-corrected chi connectivity index (χ4v) is 7.60. The number of benzene rings is 9. The van der Waals surface area contributed by atoms with Crippen LogP contribution in [0.25, 0.3) is 76.9 Å². The average Bonchev–Trinajstić information content (AvgIpc) is 3.57. The molecule has 244 valence electrons. The molecule has 0 N–H and O–H groups in total. The summed E-state index contributed by atoms with van der Waals surface area (Å²) < 4.78 is 6.39. The van der Waals surface area contributed by atoms with Gasteiger partial charge in [0.15, 0.2) is 0 Å². The molecule has 0 atom stereocenters. The van der Waals surface area contributed by atoms with Gasteiger partial charge >= 0.3 is 0 Å². The Kier molecular flexibility index (Phi) is 7.18. The lowest BCUT2D eigenvalue weighted by Gasteiger charge is -2.28. The molecule has 0 unspecified atom stereocenters. The van der Waals surface area contributed by atoms with Gasteiger partial charge in [-0.2, -0.15) is 0 Å². The van der Waals surface area contributed by atoms with Crippen molar-refractivity contribution in [1.29, 1.82) is 0 Å². The summed E-state index contributed by atoms with van der Waals surface area (Å²) in [5.41, 5.74) is 12.1. The minimum absolute atomic E-state index is 0.892. The van der Waals surface area contributed by atoms with Crippen molar-refractivity contribution < 1.29 is 4.42 Å². The third-order valence-corrected chi connectivity index (χ3v) is 10.2. The lowest BCUT2D eigenvalue weighted by atomic mass is 9.98. The van der Waals surface area contributed by atoms with Crippen LogP contribution < -0.4 is 4.90 Å². The summed E-state index contributed by atoms with van der Waals surface area (Å²) in [6, 6.07) is 71.8. The highest BCUT2D eigenvalue weighted by atomic mass is 16.3. The maximum atomic E-state index is 6.39. The predicted octanol–water partition coefficient (Wildman–Crippen LogP) is 14.4. The van der Waals surface area contributed by atoms with Crippen molar-refractivity contribution in [3.05, 3.63) is 200 Å². The van der Waals surface area contributed by atoms with E-state index in [-0.39, 0.29) is 0 Å². The summed E-state index contributed by atoms with van der Waals surface area (Å²) in [6.07, 6.45) is 0. The Hall–Kier alpha value is -6.90. The maximum absolute atomic E-state index is 6.39. The molecule has 0 spiro atoms. The Bertz CT molecular complexity index is 2900. The zero-order chi connectivity index (χ0) is 34.4. The largest absolute Gasteiger partial charge is 0.456 e. The molecule has 52 heavy (non-hydrogen) atoms. The number of nitrogens with zero attached hydrogens (tertiary/aromatic N) is 1. The fraction of sp³-hybridized carbons (Fsp3) is 0. The Morgan fingerprint density at radius 1 is 0.308 bits per heavy atom. The van der Waals surface area contributed by atoms with E-state index < -0.39 is 0 Å². The van der Waals surface area contributed by atoms with Crippen molar-refractivity contribution >= 4 is 60.5 Å². The van der Waals surface area contributed by atoms with Crippen LogP contribution in [0, 0.1) is 0 Å².